The van der Waals surface area contributed by atoms with E-state index in [1.165, 1.54) is 5.56 Å². The van der Waals surface area contributed by atoms with Crippen LogP contribution in [0.2, 0.25) is 0 Å². The Balaban J connectivity index is 2.05. The van der Waals surface area contributed by atoms with Gasteiger partial charge in [-0.3, -0.25) is 4.90 Å². The quantitative estimate of drug-likeness (QED) is 0.828. The van der Waals surface area contributed by atoms with Crippen molar-refractivity contribution in [2.24, 2.45) is 0 Å². The van der Waals surface area contributed by atoms with Gasteiger partial charge in [0.1, 0.15) is 0 Å². The minimum Gasteiger partial charge on any atom is -0.333 e. The summed E-state index contributed by atoms with van der Waals surface area (Å²) in [4.78, 5) is 13.7. The maximum atomic E-state index is 11.9. The number of nitrogens with one attached hydrogen (secondary N) is 2. The topological polar surface area (TPSA) is 44.4 Å². The number of anilines is 1. The second-order valence-electron chi connectivity index (χ2n) is 4.49. The molecular weight excluding hydrogens is 214 g/mol. The first-order chi connectivity index (χ1) is 8.20. The van der Waals surface area contributed by atoms with Crippen LogP contribution in [-0.2, 0) is 0 Å². The summed E-state index contributed by atoms with van der Waals surface area (Å²) in [6, 6.07) is 8.30. The lowest BCUT2D eigenvalue weighted by atomic mass is 10.2. The molecule has 1 heterocycles. The Labute approximate surface area is 102 Å². The normalized spacial score (nSPS) is 19.5. The molecule has 0 bridgehead atoms. The molecule has 1 aromatic rings. The van der Waals surface area contributed by atoms with Gasteiger partial charge in [-0.2, -0.15) is 0 Å². The number of hydrogen-bond acceptors (Lipinski definition) is 2. The molecule has 17 heavy (non-hydrogen) atoms. The highest BCUT2D eigenvalue weighted by Gasteiger charge is 2.29. The molecule has 1 atom stereocenters. The van der Waals surface area contributed by atoms with Gasteiger partial charge in [-0.05, 0) is 44.6 Å². The predicted octanol–water partition coefficient (Wildman–Crippen LogP) is 1.50. The molecule has 4 nitrogen and oxygen atoms in total. The molecule has 0 saturated carbocycles. The van der Waals surface area contributed by atoms with Crippen LogP contribution in [0, 0.1) is 6.92 Å². The molecule has 1 fully saturated rings. The van der Waals surface area contributed by atoms with Crippen LogP contribution in [0.15, 0.2) is 24.3 Å². The lowest BCUT2D eigenvalue weighted by Crippen LogP contribution is -2.29. The summed E-state index contributed by atoms with van der Waals surface area (Å²) >= 11 is 0. The summed E-state index contributed by atoms with van der Waals surface area (Å²) in [7, 11) is 1.93. The summed E-state index contributed by atoms with van der Waals surface area (Å²) in [5.74, 6) is 0. The second-order valence-corrected chi connectivity index (χ2v) is 4.49. The first-order valence-electron chi connectivity index (χ1n) is 6.00. The van der Waals surface area contributed by atoms with Crippen molar-refractivity contribution < 1.29 is 4.79 Å². The number of benzene rings is 1. The fraction of sp³-hybridized carbons (Fsp3) is 0.462. The number of amides is 2. The van der Waals surface area contributed by atoms with Crippen molar-refractivity contribution in [2.75, 3.05) is 25.0 Å². The zero-order chi connectivity index (χ0) is 12.3. The van der Waals surface area contributed by atoms with Crippen LogP contribution in [0.3, 0.4) is 0 Å². The van der Waals surface area contributed by atoms with E-state index in [0.29, 0.717) is 0 Å². The summed E-state index contributed by atoms with van der Waals surface area (Å²) < 4.78 is 0. The van der Waals surface area contributed by atoms with E-state index >= 15 is 0 Å². The van der Waals surface area contributed by atoms with Gasteiger partial charge in [0.25, 0.3) is 0 Å². The standard InChI is InChI=1S/C13H19N3O/c1-10-4-3-5-12(8-10)16-9-11(6-7-14-2)15-13(16)17/h3-5,8,11,14H,6-7,9H2,1-2H3,(H,15,17). The third-order valence-corrected chi connectivity index (χ3v) is 3.03. The number of rotatable bonds is 4. The highest BCUT2D eigenvalue weighted by atomic mass is 16.2. The van der Waals surface area contributed by atoms with Gasteiger partial charge >= 0.3 is 6.03 Å². The van der Waals surface area contributed by atoms with E-state index in [2.05, 4.69) is 10.6 Å². The number of carbonyl (C=O) groups is 1. The first kappa shape index (κ1) is 11.9. The summed E-state index contributed by atoms with van der Waals surface area (Å²) in [6.07, 6.45) is 0.963. The molecule has 2 N–H and O–H groups in total. The molecule has 92 valence electrons. The fourth-order valence-corrected chi connectivity index (χ4v) is 2.10. The van der Waals surface area contributed by atoms with E-state index in [1.807, 2.05) is 43.1 Å². The Morgan fingerprint density at radius 2 is 2.35 bits per heavy atom. The Morgan fingerprint density at radius 1 is 1.53 bits per heavy atom. The molecule has 0 aromatic heterocycles. The molecule has 1 aliphatic heterocycles. The monoisotopic (exact) mass is 233 g/mol. The van der Waals surface area contributed by atoms with Gasteiger partial charge in [0.15, 0.2) is 0 Å². The van der Waals surface area contributed by atoms with Crippen LogP contribution in [0.5, 0.6) is 0 Å². The van der Waals surface area contributed by atoms with E-state index < -0.39 is 0 Å². The minimum absolute atomic E-state index is 0.0108. The molecule has 1 saturated heterocycles. The van der Waals surface area contributed by atoms with Gasteiger partial charge in [0, 0.05) is 18.3 Å². The minimum atomic E-state index is 0.0108. The smallest absolute Gasteiger partial charge is 0.322 e. The molecule has 1 aliphatic rings. The summed E-state index contributed by atoms with van der Waals surface area (Å²) in [6.45, 7) is 3.71. The van der Waals surface area contributed by atoms with E-state index in [9.17, 15) is 4.79 Å². The number of nitrogens with zero attached hydrogens (tertiary/aromatic N) is 1. The van der Waals surface area contributed by atoms with E-state index in [4.69, 9.17) is 0 Å². The Kier molecular flexibility index (Phi) is 3.64. The van der Waals surface area contributed by atoms with Crippen molar-refractivity contribution in [1.82, 2.24) is 10.6 Å². The highest BCUT2D eigenvalue weighted by molar-refractivity contribution is 5.94. The molecule has 0 aliphatic carbocycles. The molecule has 0 spiro atoms. The summed E-state index contributed by atoms with van der Waals surface area (Å²) in [5, 5.41) is 6.11. The van der Waals surface area contributed by atoms with Gasteiger partial charge in [-0.25, -0.2) is 4.79 Å². The van der Waals surface area contributed by atoms with Crippen LogP contribution in [0.4, 0.5) is 10.5 Å². The Hall–Kier alpha value is -1.55. The number of urea groups is 1. The van der Waals surface area contributed by atoms with Crippen LogP contribution in [-0.4, -0.2) is 32.2 Å². The molecule has 2 amide bonds. The average molecular weight is 233 g/mol. The third kappa shape index (κ3) is 2.77. The van der Waals surface area contributed by atoms with Crippen LogP contribution in [0.1, 0.15) is 12.0 Å². The van der Waals surface area contributed by atoms with Crippen molar-refractivity contribution in [3.8, 4) is 0 Å². The van der Waals surface area contributed by atoms with E-state index in [0.717, 1.165) is 25.2 Å². The fourth-order valence-electron chi connectivity index (χ4n) is 2.10. The molecule has 4 heteroatoms. The van der Waals surface area contributed by atoms with E-state index in [-0.39, 0.29) is 12.1 Å². The van der Waals surface area contributed by atoms with Gasteiger partial charge < -0.3 is 10.6 Å². The van der Waals surface area contributed by atoms with Gasteiger partial charge in [0.05, 0.1) is 0 Å². The molecule has 2 rings (SSSR count). The number of carbonyl (C=O) groups excluding carboxylic acids is 1. The maximum absolute atomic E-state index is 11.9. The predicted molar refractivity (Wildman–Crippen MR) is 69.4 cm³/mol. The van der Waals surface area contributed by atoms with Crippen molar-refractivity contribution in [3.63, 3.8) is 0 Å². The Morgan fingerprint density at radius 3 is 3.06 bits per heavy atom. The zero-order valence-electron chi connectivity index (χ0n) is 10.4. The highest BCUT2D eigenvalue weighted by Crippen LogP contribution is 2.20. The van der Waals surface area contributed by atoms with Gasteiger partial charge in [-0.1, -0.05) is 12.1 Å². The molecular formula is C13H19N3O. The van der Waals surface area contributed by atoms with Crippen molar-refractivity contribution >= 4 is 11.7 Å². The zero-order valence-corrected chi connectivity index (χ0v) is 10.4. The van der Waals surface area contributed by atoms with Crippen LogP contribution >= 0.6 is 0 Å². The van der Waals surface area contributed by atoms with Crippen molar-refractivity contribution in [1.29, 1.82) is 0 Å². The first-order valence-corrected chi connectivity index (χ1v) is 6.00. The number of hydrogen-bond donors (Lipinski definition) is 2. The van der Waals surface area contributed by atoms with Crippen molar-refractivity contribution in [2.45, 2.75) is 19.4 Å². The number of aryl methyl sites for hydroxylation is 1. The van der Waals surface area contributed by atoms with Crippen LogP contribution in [0.25, 0.3) is 0 Å². The average Bonchev–Trinajstić information content (AvgIpc) is 2.68. The summed E-state index contributed by atoms with van der Waals surface area (Å²) in [5.41, 5.74) is 2.16. The molecule has 1 unspecified atom stereocenters. The third-order valence-electron chi connectivity index (χ3n) is 3.03. The Bertz CT molecular complexity index is 405. The van der Waals surface area contributed by atoms with Crippen molar-refractivity contribution in [3.05, 3.63) is 29.8 Å². The lowest BCUT2D eigenvalue weighted by Gasteiger charge is -2.15. The largest absolute Gasteiger partial charge is 0.333 e. The SMILES string of the molecule is CNCCC1CN(c2cccc(C)c2)C(=O)N1. The van der Waals surface area contributed by atoms with Crippen LogP contribution < -0.4 is 15.5 Å². The van der Waals surface area contributed by atoms with E-state index in [1.54, 1.807) is 0 Å². The maximum Gasteiger partial charge on any atom is 0.322 e. The van der Waals surface area contributed by atoms with Gasteiger partial charge in [-0.15, -0.1) is 0 Å². The lowest BCUT2D eigenvalue weighted by molar-refractivity contribution is 0.250. The molecule has 1 aromatic carbocycles. The second kappa shape index (κ2) is 5.19. The van der Waals surface area contributed by atoms with Gasteiger partial charge in [0.2, 0.25) is 0 Å². The molecule has 0 radical (unpaired) electrons.